The number of carboxylic acids is 1. The highest BCUT2D eigenvalue weighted by molar-refractivity contribution is 7.22. The summed E-state index contributed by atoms with van der Waals surface area (Å²) in [6.07, 6.45) is 1.67. The van der Waals surface area contributed by atoms with Crippen LogP contribution in [-0.2, 0) is 6.42 Å². The third-order valence-electron chi connectivity index (χ3n) is 6.91. The first-order chi connectivity index (χ1) is 20.4. The van der Waals surface area contributed by atoms with Gasteiger partial charge in [-0.1, -0.05) is 47.7 Å². The molecule has 9 nitrogen and oxygen atoms in total. The van der Waals surface area contributed by atoms with Crippen molar-refractivity contribution in [3.63, 3.8) is 0 Å². The van der Waals surface area contributed by atoms with E-state index in [1.54, 1.807) is 17.0 Å². The number of urea groups is 1. The summed E-state index contributed by atoms with van der Waals surface area (Å²) in [5, 5.41) is 13.3. The molecule has 2 N–H and O–H groups in total. The zero-order valence-corrected chi connectivity index (χ0v) is 23.7. The quantitative estimate of drug-likeness (QED) is 0.194. The Kier molecular flexibility index (Phi) is 7.70. The topological polar surface area (TPSA) is 114 Å². The van der Waals surface area contributed by atoms with Gasteiger partial charge in [0.05, 0.1) is 15.9 Å². The fraction of sp³-hybridized carbons (Fsp3) is 0.188. The van der Waals surface area contributed by atoms with Crippen molar-refractivity contribution < 1.29 is 24.2 Å². The van der Waals surface area contributed by atoms with E-state index in [0.29, 0.717) is 22.9 Å². The van der Waals surface area contributed by atoms with Crippen molar-refractivity contribution in [2.24, 2.45) is 0 Å². The van der Waals surface area contributed by atoms with Crippen molar-refractivity contribution >= 4 is 44.4 Å². The highest BCUT2D eigenvalue weighted by Crippen LogP contribution is 2.34. The number of hydrogen-bond acceptors (Lipinski definition) is 7. The minimum Gasteiger partial charge on any atom is -0.490 e. The molecule has 2 aromatic heterocycles. The first kappa shape index (κ1) is 27.2. The van der Waals surface area contributed by atoms with E-state index in [1.807, 2.05) is 73.7 Å². The SMILES string of the molecule is Cc1cccc(OCCOc2ccc(-c3ccc4c(c3)N(C(=O)Nc3nc5ccccc5s3)CCC4)nc2C(=O)O)c1. The van der Waals surface area contributed by atoms with Crippen LogP contribution in [0.5, 0.6) is 11.5 Å². The number of aromatic nitrogens is 2. The van der Waals surface area contributed by atoms with Crippen LogP contribution in [0, 0.1) is 6.92 Å². The molecule has 10 heteroatoms. The normalized spacial score (nSPS) is 12.5. The van der Waals surface area contributed by atoms with E-state index >= 15 is 0 Å². The van der Waals surface area contributed by atoms with Gasteiger partial charge in [-0.15, -0.1) is 0 Å². The van der Waals surface area contributed by atoms with Crippen molar-refractivity contribution in [1.29, 1.82) is 0 Å². The van der Waals surface area contributed by atoms with E-state index in [9.17, 15) is 14.7 Å². The Morgan fingerprint density at radius 3 is 2.67 bits per heavy atom. The highest BCUT2D eigenvalue weighted by atomic mass is 32.1. The highest BCUT2D eigenvalue weighted by Gasteiger charge is 2.25. The van der Waals surface area contributed by atoms with Crippen molar-refractivity contribution in [3.8, 4) is 22.8 Å². The van der Waals surface area contributed by atoms with Gasteiger partial charge >= 0.3 is 12.0 Å². The van der Waals surface area contributed by atoms with Gasteiger partial charge in [0, 0.05) is 17.8 Å². The fourth-order valence-corrected chi connectivity index (χ4v) is 5.78. The number of para-hydroxylation sites is 1. The van der Waals surface area contributed by atoms with E-state index in [-0.39, 0.29) is 30.7 Å². The van der Waals surface area contributed by atoms with Gasteiger partial charge in [-0.25, -0.2) is 19.6 Å². The number of anilines is 2. The van der Waals surface area contributed by atoms with Gasteiger partial charge in [0.1, 0.15) is 19.0 Å². The predicted molar refractivity (Wildman–Crippen MR) is 163 cm³/mol. The maximum Gasteiger partial charge on any atom is 0.358 e. The molecule has 0 aliphatic carbocycles. The maximum absolute atomic E-state index is 13.3. The largest absolute Gasteiger partial charge is 0.490 e. The van der Waals surface area contributed by atoms with Gasteiger partial charge in [-0.05, 0) is 73.4 Å². The molecule has 0 radical (unpaired) electrons. The number of amides is 2. The fourth-order valence-electron chi connectivity index (χ4n) is 4.92. The number of carbonyl (C=O) groups excluding carboxylic acids is 1. The number of nitrogens with one attached hydrogen (secondary N) is 1. The number of aryl methyl sites for hydroxylation is 2. The molecule has 0 saturated heterocycles. The smallest absolute Gasteiger partial charge is 0.358 e. The van der Waals surface area contributed by atoms with Gasteiger partial charge in [0.15, 0.2) is 16.6 Å². The van der Waals surface area contributed by atoms with Crippen LogP contribution in [0.25, 0.3) is 21.5 Å². The van der Waals surface area contributed by atoms with Gasteiger partial charge in [-0.2, -0.15) is 0 Å². The van der Waals surface area contributed by atoms with Gasteiger partial charge < -0.3 is 14.6 Å². The summed E-state index contributed by atoms with van der Waals surface area (Å²) in [6, 6.07) is 24.2. The Labute approximate surface area is 246 Å². The second kappa shape index (κ2) is 11.9. The summed E-state index contributed by atoms with van der Waals surface area (Å²) < 4.78 is 12.4. The van der Waals surface area contributed by atoms with Gasteiger partial charge in [-0.3, -0.25) is 10.2 Å². The zero-order valence-electron chi connectivity index (χ0n) is 22.9. The lowest BCUT2D eigenvalue weighted by molar-refractivity contribution is 0.0684. The van der Waals surface area contributed by atoms with Crippen LogP contribution >= 0.6 is 11.3 Å². The number of thiazole rings is 1. The number of pyridine rings is 1. The molecule has 0 spiro atoms. The number of ether oxygens (including phenoxy) is 2. The Hall–Kier alpha value is -4.96. The second-order valence-corrected chi connectivity index (χ2v) is 10.9. The second-order valence-electron chi connectivity index (χ2n) is 9.88. The number of nitrogens with zero attached hydrogens (tertiary/aromatic N) is 3. The van der Waals surface area contributed by atoms with Crippen molar-refractivity contribution in [3.05, 3.63) is 95.7 Å². The van der Waals surface area contributed by atoms with E-state index < -0.39 is 5.97 Å². The molecule has 42 heavy (non-hydrogen) atoms. The number of rotatable bonds is 8. The standard InChI is InChI=1S/C32H28N4O5S/c1-20-6-4-8-23(18-20)40-16-17-41-27-14-13-24(33-29(27)30(37)38)22-12-11-21-7-5-15-36(26(21)19-22)32(39)35-31-34-25-9-2-3-10-28(25)42-31/h2-4,6,8-14,18-19H,5,7,15-17H2,1H3,(H,37,38)(H,34,35,39). The Morgan fingerprint density at radius 2 is 1.83 bits per heavy atom. The molecule has 1 aliphatic rings. The van der Waals surface area contributed by atoms with Crippen LogP contribution in [-0.4, -0.2) is 46.8 Å². The summed E-state index contributed by atoms with van der Waals surface area (Å²) in [6.45, 7) is 2.95. The van der Waals surface area contributed by atoms with Crippen LogP contribution < -0.4 is 19.7 Å². The monoisotopic (exact) mass is 580 g/mol. The molecule has 0 fully saturated rings. The summed E-state index contributed by atoms with van der Waals surface area (Å²) >= 11 is 1.43. The summed E-state index contributed by atoms with van der Waals surface area (Å²) in [7, 11) is 0. The minimum absolute atomic E-state index is 0.160. The van der Waals surface area contributed by atoms with Crippen molar-refractivity contribution in [2.75, 3.05) is 30.0 Å². The first-order valence-corrected chi connectivity index (χ1v) is 14.4. The number of carbonyl (C=O) groups is 2. The first-order valence-electron chi connectivity index (χ1n) is 13.6. The molecule has 0 unspecified atom stereocenters. The Morgan fingerprint density at radius 1 is 0.976 bits per heavy atom. The maximum atomic E-state index is 13.3. The van der Waals surface area contributed by atoms with Crippen LogP contribution in [0.3, 0.4) is 0 Å². The van der Waals surface area contributed by atoms with Crippen molar-refractivity contribution in [2.45, 2.75) is 19.8 Å². The number of hydrogen-bond donors (Lipinski definition) is 2. The van der Waals surface area contributed by atoms with E-state index in [1.165, 1.54) is 11.3 Å². The molecule has 1 aliphatic heterocycles. The molecule has 2 amide bonds. The third kappa shape index (κ3) is 5.89. The average Bonchev–Trinajstić information content (AvgIpc) is 3.41. The molecule has 5 aromatic rings. The van der Waals surface area contributed by atoms with Crippen LogP contribution in [0.1, 0.15) is 28.0 Å². The van der Waals surface area contributed by atoms with Crippen LogP contribution in [0.15, 0.2) is 78.9 Å². The molecule has 212 valence electrons. The van der Waals surface area contributed by atoms with E-state index in [4.69, 9.17) is 9.47 Å². The number of aromatic carboxylic acids is 1. The molecule has 3 aromatic carbocycles. The lowest BCUT2D eigenvalue weighted by Crippen LogP contribution is -2.38. The molecular formula is C32H28N4O5S. The van der Waals surface area contributed by atoms with Crippen LogP contribution in [0.2, 0.25) is 0 Å². The van der Waals surface area contributed by atoms with E-state index in [2.05, 4.69) is 15.3 Å². The third-order valence-corrected chi connectivity index (χ3v) is 7.86. The molecular weight excluding hydrogens is 552 g/mol. The average molecular weight is 581 g/mol. The molecule has 0 bridgehead atoms. The van der Waals surface area contributed by atoms with Crippen molar-refractivity contribution in [1.82, 2.24) is 9.97 Å². The lowest BCUT2D eigenvalue weighted by atomic mass is 9.98. The lowest BCUT2D eigenvalue weighted by Gasteiger charge is -2.29. The molecule has 0 atom stereocenters. The van der Waals surface area contributed by atoms with E-state index in [0.717, 1.165) is 45.6 Å². The Bertz CT molecular complexity index is 1750. The Balaban J connectivity index is 1.19. The molecule has 3 heterocycles. The number of benzene rings is 3. The van der Waals surface area contributed by atoms with Gasteiger partial charge in [0.25, 0.3) is 0 Å². The predicted octanol–water partition coefficient (Wildman–Crippen LogP) is 6.81. The number of fused-ring (bicyclic) bond motifs is 2. The molecule has 6 rings (SSSR count). The number of carboxylic acid groups (broad SMARTS) is 1. The minimum atomic E-state index is -1.19. The summed E-state index contributed by atoms with van der Waals surface area (Å²) in [5.41, 5.74) is 4.71. The van der Waals surface area contributed by atoms with Gasteiger partial charge in [0.2, 0.25) is 0 Å². The van der Waals surface area contributed by atoms with Crippen LogP contribution in [0.4, 0.5) is 15.6 Å². The molecule has 0 saturated carbocycles. The zero-order chi connectivity index (χ0) is 29.1. The summed E-state index contributed by atoms with van der Waals surface area (Å²) in [5.74, 6) is -0.309. The summed E-state index contributed by atoms with van der Waals surface area (Å²) in [4.78, 5) is 36.0.